The number of hydrogen-bond acceptors (Lipinski definition) is 1. The minimum Gasteiger partial charge on any atom is -0.384 e. The second-order valence-electron chi connectivity index (χ2n) is 3.82. The highest BCUT2D eigenvalue weighted by atomic mass is 19.1. The van der Waals surface area contributed by atoms with E-state index in [1.54, 1.807) is 19.1 Å². The molecular weight excluding hydrogens is 275 g/mol. The minimum atomic E-state index is -0.694. The van der Waals surface area contributed by atoms with Gasteiger partial charge in [-0.1, -0.05) is 84.0 Å². The maximum Gasteiger partial charge on any atom is 0.126 e. The summed E-state index contributed by atoms with van der Waals surface area (Å²) in [5, 5.41) is 10.1. The van der Waals surface area contributed by atoms with Crippen LogP contribution >= 0.6 is 0 Å². The largest absolute Gasteiger partial charge is 0.384 e. The average Bonchev–Trinajstić information content (AvgIpc) is 2.63. The molecule has 1 nitrogen and oxygen atoms in total. The van der Waals surface area contributed by atoms with Gasteiger partial charge in [-0.3, -0.25) is 0 Å². The monoisotopic (exact) mass is 306 g/mol. The molecule has 0 heterocycles. The van der Waals surface area contributed by atoms with E-state index in [1.165, 1.54) is 6.07 Å². The lowest BCUT2D eigenvalue weighted by molar-refractivity contribution is 0.220. The van der Waals surface area contributed by atoms with Crippen molar-refractivity contribution in [2.45, 2.75) is 54.6 Å². The lowest BCUT2D eigenvalue weighted by Gasteiger charge is -2.12. The lowest BCUT2D eigenvalue weighted by atomic mass is 10.00. The summed E-state index contributed by atoms with van der Waals surface area (Å²) in [6.45, 7) is 13.7. The molecule has 0 bridgehead atoms. The van der Waals surface area contributed by atoms with Gasteiger partial charge in [0.15, 0.2) is 0 Å². The maximum atomic E-state index is 13.1. The van der Waals surface area contributed by atoms with Crippen LogP contribution in [0.3, 0.4) is 0 Å². The van der Waals surface area contributed by atoms with Crippen LogP contribution < -0.4 is 0 Å². The SMILES string of the molecule is CC.CC.CC.Cc1cc(C(O)c2ccccc2)ccc1F. The third-order valence-corrected chi connectivity index (χ3v) is 2.61. The molecule has 2 aromatic carbocycles. The Morgan fingerprint density at radius 3 is 1.73 bits per heavy atom. The van der Waals surface area contributed by atoms with Crippen molar-refractivity contribution in [3.63, 3.8) is 0 Å². The van der Waals surface area contributed by atoms with Gasteiger partial charge in [0.25, 0.3) is 0 Å². The van der Waals surface area contributed by atoms with E-state index in [2.05, 4.69) is 0 Å². The molecule has 0 saturated carbocycles. The van der Waals surface area contributed by atoms with Crippen LogP contribution in [-0.4, -0.2) is 5.11 Å². The molecule has 0 radical (unpaired) electrons. The van der Waals surface area contributed by atoms with Crippen LogP contribution in [0.15, 0.2) is 48.5 Å². The molecule has 0 aliphatic carbocycles. The van der Waals surface area contributed by atoms with E-state index in [4.69, 9.17) is 0 Å². The molecule has 1 N–H and O–H groups in total. The van der Waals surface area contributed by atoms with Gasteiger partial charge in [0, 0.05) is 0 Å². The molecule has 22 heavy (non-hydrogen) atoms. The first-order chi connectivity index (χ1) is 10.7. The fraction of sp³-hybridized carbons (Fsp3) is 0.400. The zero-order chi connectivity index (χ0) is 17.5. The number of rotatable bonds is 2. The number of aryl methyl sites for hydroxylation is 1. The van der Waals surface area contributed by atoms with Gasteiger partial charge in [0.2, 0.25) is 0 Å². The summed E-state index contributed by atoms with van der Waals surface area (Å²) in [5.74, 6) is -0.246. The zero-order valence-corrected chi connectivity index (χ0v) is 15.0. The normalized spacial score (nSPS) is 9.86. The molecule has 2 rings (SSSR count). The number of aliphatic hydroxyl groups is 1. The molecule has 2 heteroatoms. The molecule has 0 spiro atoms. The first-order valence-corrected chi connectivity index (χ1v) is 8.17. The summed E-state index contributed by atoms with van der Waals surface area (Å²) in [5.41, 5.74) is 2.08. The van der Waals surface area contributed by atoms with Crippen LogP contribution in [-0.2, 0) is 0 Å². The number of aliphatic hydroxyl groups excluding tert-OH is 1. The summed E-state index contributed by atoms with van der Waals surface area (Å²) in [4.78, 5) is 0. The van der Waals surface area contributed by atoms with Gasteiger partial charge in [-0.15, -0.1) is 0 Å². The number of hydrogen-bond donors (Lipinski definition) is 1. The Morgan fingerprint density at radius 1 is 0.773 bits per heavy atom. The quantitative estimate of drug-likeness (QED) is 0.690. The van der Waals surface area contributed by atoms with Crippen LogP contribution in [0.4, 0.5) is 4.39 Å². The fourth-order valence-electron chi connectivity index (χ4n) is 1.67. The molecular formula is C20H31FO. The Hall–Kier alpha value is -1.67. The molecule has 0 aromatic heterocycles. The second kappa shape index (κ2) is 14.3. The predicted octanol–water partition coefficient (Wildman–Crippen LogP) is 6.29. The van der Waals surface area contributed by atoms with Crippen LogP contribution in [0.25, 0.3) is 0 Å². The van der Waals surface area contributed by atoms with Crippen molar-refractivity contribution in [1.29, 1.82) is 0 Å². The first kappa shape index (κ1) is 22.6. The van der Waals surface area contributed by atoms with Crippen molar-refractivity contribution < 1.29 is 9.50 Å². The highest BCUT2D eigenvalue weighted by Gasteiger charge is 2.10. The second-order valence-corrected chi connectivity index (χ2v) is 3.82. The third kappa shape index (κ3) is 7.37. The van der Waals surface area contributed by atoms with Crippen LogP contribution in [0.1, 0.15) is 64.3 Å². The van der Waals surface area contributed by atoms with E-state index in [0.717, 1.165) is 5.56 Å². The molecule has 124 valence electrons. The first-order valence-electron chi connectivity index (χ1n) is 8.17. The summed E-state index contributed by atoms with van der Waals surface area (Å²) < 4.78 is 13.1. The van der Waals surface area contributed by atoms with Crippen LogP contribution in [0.5, 0.6) is 0 Å². The molecule has 0 fully saturated rings. The van der Waals surface area contributed by atoms with E-state index in [9.17, 15) is 9.50 Å². The topological polar surface area (TPSA) is 20.2 Å². The van der Waals surface area contributed by atoms with Crippen molar-refractivity contribution in [2.75, 3.05) is 0 Å². The van der Waals surface area contributed by atoms with Crippen molar-refractivity contribution >= 4 is 0 Å². The smallest absolute Gasteiger partial charge is 0.126 e. The maximum absolute atomic E-state index is 13.1. The van der Waals surface area contributed by atoms with Crippen molar-refractivity contribution in [1.82, 2.24) is 0 Å². The van der Waals surface area contributed by atoms with Crippen LogP contribution in [0, 0.1) is 12.7 Å². The van der Waals surface area contributed by atoms with E-state index in [0.29, 0.717) is 11.1 Å². The number of halogens is 1. The summed E-state index contributed by atoms with van der Waals surface area (Å²) in [6.07, 6.45) is -0.694. The van der Waals surface area contributed by atoms with Gasteiger partial charge in [-0.25, -0.2) is 4.39 Å². The van der Waals surface area contributed by atoms with Crippen molar-refractivity contribution in [2.24, 2.45) is 0 Å². The molecule has 1 unspecified atom stereocenters. The fourth-order valence-corrected chi connectivity index (χ4v) is 1.67. The summed E-state index contributed by atoms with van der Waals surface area (Å²) in [6, 6.07) is 14.0. The van der Waals surface area contributed by atoms with Gasteiger partial charge < -0.3 is 5.11 Å². The third-order valence-electron chi connectivity index (χ3n) is 2.61. The molecule has 0 saturated heterocycles. The highest BCUT2D eigenvalue weighted by molar-refractivity contribution is 5.32. The van der Waals surface area contributed by atoms with Crippen molar-refractivity contribution in [3.8, 4) is 0 Å². The van der Waals surface area contributed by atoms with Crippen LogP contribution in [0.2, 0.25) is 0 Å². The Balaban J connectivity index is 0. The van der Waals surface area contributed by atoms with Gasteiger partial charge in [-0.2, -0.15) is 0 Å². The van der Waals surface area contributed by atoms with Gasteiger partial charge in [-0.05, 0) is 29.7 Å². The molecule has 2 aromatic rings. The minimum absolute atomic E-state index is 0.246. The molecule has 1 atom stereocenters. The Bertz CT molecular complexity index is 480. The van der Waals surface area contributed by atoms with E-state index in [-0.39, 0.29) is 5.82 Å². The van der Waals surface area contributed by atoms with Gasteiger partial charge in [0.1, 0.15) is 11.9 Å². The Labute approximate surface area is 135 Å². The summed E-state index contributed by atoms with van der Waals surface area (Å²) >= 11 is 0. The van der Waals surface area contributed by atoms with E-state index < -0.39 is 6.10 Å². The Morgan fingerprint density at radius 2 is 1.27 bits per heavy atom. The molecule has 0 amide bonds. The Kier molecular flexibility index (Phi) is 14.7. The number of benzene rings is 2. The van der Waals surface area contributed by atoms with Gasteiger partial charge in [0.05, 0.1) is 0 Å². The average molecular weight is 306 g/mol. The van der Waals surface area contributed by atoms with Gasteiger partial charge >= 0.3 is 0 Å². The van der Waals surface area contributed by atoms with E-state index >= 15 is 0 Å². The summed E-state index contributed by atoms with van der Waals surface area (Å²) in [7, 11) is 0. The highest BCUT2D eigenvalue weighted by Crippen LogP contribution is 2.23. The van der Waals surface area contributed by atoms with E-state index in [1.807, 2.05) is 71.9 Å². The zero-order valence-electron chi connectivity index (χ0n) is 15.0. The van der Waals surface area contributed by atoms with Crippen molar-refractivity contribution in [3.05, 3.63) is 71.0 Å². The molecule has 0 aliphatic rings. The lowest BCUT2D eigenvalue weighted by Crippen LogP contribution is -2.00. The predicted molar refractivity (Wildman–Crippen MR) is 95.7 cm³/mol. The molecule has 0 aliphatic heterocycles. The standard InChI is InChI=1S/C14H13FO.3C2H6/c1-10-9-12(7-8-13(10)15)14(16)11-5-3-2-4-6-11;3*1-2/h2-9,14,16H,1H3;3*1-2H3.